The fourth-order valence-corrected chi connectivity index (χ4v) is 0.806. The SMILES string of the molecule is CCC(C)OCCOCCOC(C)O. The van der Waals surface area contributed by atoms with Gasteiger partial charge in [0.15, 0.2) is 6.29 Å². The highest BCUT2D eigenvalue weighted by Gasteiger charge is 1.98. The largest absolute Gasteiger partial charge is 0.377 e. The molecule has 0 fully saturated rings. The Bertz CT molecular complexity index is 117. The zero-order valence-corrected chi connectivity index (χ0v) is 9.36. The van der Waals surface area contributed by atoms with Crippen LogP contribution in [0.3, 0.4) is 0 Å². The predicted molar refractivity (Wildman–Crippen MR) is 54.2 cm³/mol. The Morgan fingerprint density at radius 3 is 2.07 bits per heavy atom. The zero-order chi connectivity index (χ0) is 10.8. The predicted octanol–water partition coefficient (Wildman–Crippen LogP) is 1.17. The fourth-order valence-electron chi connectivity index (χ4n) is 0.806. The van der Waals surface area contributed by atoms with Gasteiger partial charge in [0.05, 0.1) is 32.5 Å². The van der Waals surface area contributed by atoms with Crippen LogP contribution in [0.15, 0.2) is 0 Å². The molecule has 0 aliphatic carbocycles. The van der Waals surface area contributed by atoms with E-state index in [1.54, 1.807) is 6.92 Å². The number of aliphatic hydroxyl groups excluding tert-OH is 1. The van der Waals surface area contributed by atoms with Gasteiger partial charge >= 0.3 is 0 Å². The van der Waals surface area contributed by atoms with Crippen molar-refractivity contribution in [2.45, 2.75) is 39.6 Å². The van der Waals surface area contributed by atoms with Gasteiger partial charge in [-0.05, 0) is 20.3 Å². The average molecular weight is 206 g/mol. The third-order valence-corrected chi connectivity index (χ3v) is 1.79. The van der Waals surface area contributed by atoms with E-state index in [2.05, 4.69) is 6.92 Å². The van der Waals surface area contributed by atoms with Crippen LogP contribution in [0.1, 0.15) is 27.2 Å². The van der Waals surface area contributed by atoms with Crippen LogP contribution in [-0.4, -0.2) is 43.9 Å². The second-order valence-electron chi connectivity index (χ2n) is 3.17. The average Bonchev–Trinajstić information content (AvgIpc) is 2.15. The van der Waals surface area contributed by atoms with E-state index in [9.17, 15) is 0 Å². The minimum Gasteiger partial charge on any atom is -0.377 e. The molecule has 4 nitrogen and oxygen atoms in total. The third kappa shape index (κ3) is 9.92. The van der Waals surface area contributed by atoms with Crippen molar-refractivity contribution in [3.05, 3.63) is 0 Å². The molecule has 0 rings (SSSR count). The molecule has 0 aromatic carbocycles. The van der Waals surface area contributed by atoms with Crippen molar-refractivity contribution in [3.63, 3.8) is 0 Å². The summed E-state index contributed by atoms with van der Waals surface area (Å²) in [7, 11) is 0. The van der Waals surface area contributed by atoms with Crippen LogP contribution in [0.4, 0.5) is 0 Å². The summed E-state index contributed by atoms with van der Waals surface area (Å²) in [5, 5.41) is 8.76. The summed E-state index contributed by atoms with van der Waals surface area (Å²) in [6.45, 7) is 7.80. The van der Waals surface area contributed by atoms with E-state index in [1.807, 2.05) is 6.92 Å². The molecule has 0 aliphatic heterocycles. The first-order valence-corrected chi connectivity index (χ1v) is 5.15. The standard InChI is InChI=1S/C10H22O4/c1-4-9(2)13-7-5-12-6-8-14-10(3)11/h9-11H,4-8H2,1-3H3. The number of hydrogen-bond acceptors (Lipinski definition) is 4. The summed E-state index contributed by atoms with van der Waals surface area (Å²) in [4.78, 5) is 0. The van der Waals surface area contributed by atoms with Gasteiger partial charge in [0.25, 0.3) is 0 Å². The Balaban J connectivity index is 2.99. The molecule has 0 spiro atoms. The molecule has 86 valence electrons. The summed E-state index contributed by atoms with van der Waals surface area (Å²) in [6.07, 6.45) is 0.604. The lowest BCUT2D eigenvalue weighted by molar-refractivity contribution is -0.102. The van der Waals surface area contributed by atoms with Crippen LogP contribution in [-0.2, 0) is 14.2 Å². The van der Waals surface area contributed by atoms with Crippen LogP contribution in [0.5, 0.6) is 0 Å². The van der Waals surface area contributed by atoms with E-state index in [1.165, 1.54) is 0 Å². The van der Waals surface area contributed by atoms with E-state index < -0.39 is 6.29 Å². The Morgan fingerprint density at radius 1 is 1.00 bits per heavy atom. The van der Waals surface area contributed by atoms with Gasteiger partial charge in [-0.15, -0.1) is 0 Å². The first-order valence-electron chi connectivity index (χ1n) is 5.15. The Hall–Kier alpha value is -0.160. The van der Waals surface area contributed by atoms with Gasteiger partial charge < -0.3 is 19.3 Å². The molecule has 2 unspecified atom stereocenters. The van der Waals surface area contributed by atoms with E-state index >= 15 is 0 Å². The molecule has 0 saturated carbocycles. The maximum atomic E-state index is 8.76. The first-order chi connectivity index (χ1) is 6.66. The van der Waals surface area contributed by atoms with Crippen LogP contribution >= 0.6 is 0 Å². The third-order valence-electron chi connectivity index (χ3n) is 1.79. The molecule has 0 radical (unpaired) electrons. The highest BCUT2D eigenvalue weighted by atomic mass is 16.6. The summed E-state index contributed by atoms with van der Waals surface area (Å²) in [5.74, 6) is 0. The van der Waals surface area contributed by atoms with E-state index in [4.69, 9.17) is 19.3 Å². The van der Waals surface area contributed by atoms with Gasteiger partial charge in [-0.25, -0.2) is 0 Å². The van der Waals surface area contributed by atoms with Crippen molar-refractivity contribution in [1.29, 1.82) is 0 Å². The normalized spacial score (nSPS) is 15.4. The molecule has 4 heteroatoms. The van der Waals surface area contributed by atoms with Crippen molar-refractivity contribution in [2.75, 3.05) is 26.4 Å². The van der Waals surface area contributed by atoms with Gasteiger partial charge in [-0.3, -0.25) is 0 Å². The van der Waals surface area contributed by atoms with Crippen molar-refractivity contribution < 1.29 is 19.3 Å². The number of aliphatic hydroxyl groups is 1. The van der Waals surface area contributed by atoms with Crippen molar-refractivity contribution in [2.24, 2.45) is 0 Å². The van der Waals surface area contributed by atoms with Crippen molar-refractivity contribution in [3.8, 4) is 0 Å². The smallest absolute Gasteiger partial charge is 0.151 e. The summed E-state index contributed by atoms with van der Waals surface area (Å²) in [5.41, 5.74) is 0. The van der Waals surface area contributed by atoms with Crippen molar-refractivity contribution >= 4 is 0 Å². The van der Waals surface area contributed by atoms with Crippen LogP contribution in [0.25, 0.3) is 0 Å². The number of rotatable bonds is 9. The molecule has 0 bridgehead atoms. The van der Waals surface area contributed by atoms with Gasteiger partial charge in [0.2, 0.25) is 0 Å². The Labute approximate surface area is 86.2 Å². The van der Waals surface area contributed by atoms with Gasteiger partial charge in [0.1, 0.15) is 0 Å². The first kappa shape index (κ1) is 13.8. The fraction of sp³-hybridized carbons (Fsp3) is 1.00. The molecular weight excluding hydrogens is 184 g/mol. The highest BCUT2D eigenvalue weighted by Crippen LogP contribution is 1.94. The van der Waals surface area contributed by atoms with Gasteiger partial charge in [-0.2, -0.15) is 0 Å². The lowest BCUT2D eigenvalue weighted by Crippen LogP contribution is -2.15. The summed E-state index contributed by atoms with van der Waals surface area (Å²) in [6, 6.07) is 0. The van der Waals surface area contributed by atoms with Crippen LogP contribution in [0, 0.1) is 0 Å². The maximum absolute atomic E-state index is 8.76. The zero-order valence-electron chi connectivity index (χ0n) is 9.36. The molecule has 1 N–H and O–H groups in total. The highest BCUT2D eigenvalue weighted by molar-refractivity contribution is 4.43. The molecule has 0 aliphatic rings. The topological polar surface area (TPSA) is 47.9 Å². The Morgan fingerprint density at radius 2 is 1.57 bits per heavy atom. The van der Waals surface area contributed by atoms with E-state index in [0.29, 0.717) is 32.5 Å². The van der Waals surface area contributed by atoms with Crippen LogP contribution < -0.4 is 0 Å². The Kier molecular flexibility index (Phi) is 9.29. The quantitative estimate of drug-likeness (QED) is 0.454. The minimum absolute atomic E-state index is 0.298. The van der Waals surface area contributed by atoms with Crippen molar-refractivity contribution in [1.82, 2.24) is 0 Å². The lowest BCUT2D eigenvalue weighted by Gasteiger charge is -2.11. The molecule has 0 amide bonds. The lowest BCUT2D eigenvalue weighted by atomic mass is 10.3. The maximum Gasteiger partial charge on any atom is 0.151 e. The van der Waals surface area contributed by atoms with E-state index in [-0.39, 0.29) is 0 Å². The second-order valence-corrected chi connectivity index (χ2v) is 3.17. The van der Waals surface area contributed by atoms with E-state index in [0.717, 1.165) is 6.42 Å². The van der Waals surface area contributed by atoms with Crippen LogP contribution in [0.2, 0.25) is 0 Å². The molecule has 2 atom stereocenters. The minimum atomic E-state index is -0.713. The molecule has 0 aromatic heterocycles. The molecule has 0 saturated heterocycles. The molecule has 14 heavy (non-hydrogen) atoms. The molecule has 0 aromatic rings. The number of hydrogen-bond donors (Lipinski definition) is 1. The van der Waals surface area contributed by atoms with Gasteiger partial charge in [-0.1, -0.05) is 6.92 Å². The number of ether oxygens (including phenoxy) is 3. The monoisotopic (exact) mass is 206 g/mol. The summed E-state index contributed by atoms with van der Waals surface area (Å²) < 4.78 is 15.5. The summed E-state index contributed by atoms with van der Waals surface area (Å²) >= 11 is 0. The molecular formula is C10H22O4. The second kappa shape index (κ2) is 9.40. The van der Waals surface area contributed by atoms with Gasteiger partial charge in [0, 0.05) is 0 Å². The molecule has 0 heterocycles.